The largest absolute Gasteiger partial charge is 0.491 e. The van der Waals surface area contributed by atoms with Gasteiger partial charge in [0.25, 0.3) is 0 Å². The van der Waals surface area contributed by atoms with Gasteiger partial charge in [-0.3, -0.25) is 0 Å². The van der Waals surface area contributed by atoms with Crippen LogP contribution in [0.1, 0.15) is 44.9 Å². The normalized spacial score (nSPS) is 12.8. The molecule has 0 saturated carbocycles. The lowest BCUT2D eigenvalue weighted by Gasteiger charge is -2.12. The first-order chi connectivity index (χ1) is 9.65. The van der Waals surface area contributed by atoms with Gasteiger partial charge in [0.1, 0.15) is 5.75 Å². The zero-order valence-electron chi connectivity index (χ0n) is 13.0. The molecule has 0 unspecified atom stereocenters. The third-order valence-corrected chi connectivity index (χ3v) is 3.73. The van der Waals surface area contributed by atoms with E-state index < -0.39 is 0 Å². The Morgan fingerprint density at radius 2 is 2.10 bits per heavy atom. The number of nitrogens with one attached hydrogen (secondary N) is 2. The Kier molecular flexibility index (Phi) is 5.07. The molecule has 0 aliphatic heterocycles. The molecule has 0 aliphatic carbocycles. The van der Waals surface area contributed by atoms with E-state index in [1.165, 1.54) is 22.2 Å². The van der Waals surface area contributed by atoms with Crippen LogP contribution in [0.15, 0.2) is 18.2 Å². The first-order valence-corrected chi connectivity index (χ1v) is 7.64. The van der Waals surface area contributed by atoms with Gasteiger partial charge in [0, 0.05) is 23.1 Å². The van der Waals surface area contributed by atoms with E-state index in [1.54, 1.807) is 0 Å². The second kappa shape index (κ2) is 6.80. The summed E-state index contributed by atoms with van der Waals surface area (Å²) >= 11 is 0. The number of fused-ring (bicyclic) bond motifs is 1. The second-order valence-corrected chi connectivity index (χ2v) is 5.45. The highest BCUT2D eigenvalue weighted by Crippen LogP contribution is 2.27. The van der Waals surface area contributed by atoms with E-state index in [-0.39, 0.29) is 6.10 Å². The molecule has 110 valence electrons. The molecular weight excluding hydrogens is 248 g/mol. The summed E-state index contributed by atoms with van der Waals surface area (Å²) < 4.78 is 5.93. The molecule has 2 aromatic rings. The quantitative estimate of drug-likeness (QED) is 0.744. The molecular formula is C17H26N2O. The van der Waals surface area contributed by atoms with Gasteiger partial charge in [-0.25, -0.2) is 0 Å². The van der Waals surface area contributed by atoms with Crippen LogP contribution in [-0.4, -0.2) is 17.6 Å². The molecule has 0 fully saturated rings. The van der Waals surface area contributed by atoms with Crippen molar-refractivity contribution in [2.45, 2.75) is 53.2 Å². The van der Waals surface area contributed by atoms with E-state index >= 15 is 0 Å². The van der Waals surface area contributed by atoms with Gasteiger partial charge < -0.3 is 15.0 Å². The summed E-state index contributed by atoms with van der Waals surface area (Å²) in [5.41, 5.74) is 3.78. The van der Waals surface area contributed by atoms with Crippen LogP contribution in [0.4, 0.5) is 0 Å². The van der Waals surface area contributed by atoms with E-state index in [4.69, 9.17) is 4.74 Å². The SMILES string of the molecule is CCCNCc1c(C)[nH]c2ccc(O[C@@H](C)CC)cc12. The molecule has 0 spiro atoms. The summed E-state index contributed by atoms with van der Waals surface area (Å²) in [4.78, 5) is 3.45. The van der Waals surface area contributed by atoms with Crippen molar-refractivity contribution < 1.29 is 4.74 Å². The lowest BCUT2D eigenvalue weighted by molar-refractivity contribution is 0.218. The fraction of sp³-hybridized carbons (Fsp3) is 0.529. The zero-order chi connectivity index (χ0) is 14.5. The van der Waals surface area contributed by atoms with Crippen molar-refractivity contribution in [3.63, 3.8) is 0 Å². The summed E-state index contributed by atoms with van der Waals surface area (Å²) in [6.45, 7) is 10.5. The Balaban J connectivity index is 2.26. The van der Waals surface area contributed by atoms with Crippen LogP contribution in [-0.2, 0) is 6.54 Å². The molecule has 0 saturated heterocycles. The predicted molar refractivity (Wildman–Crippen MR) is 85.4 cm³/mol. The van der Waals surface area contributed by atoms with Gasteiger partial charge in [0.15, 0.2) is 0 Å². The van der Waals surface area contributed by atoms with Crippen LogP contribution < -0.4 is 10.1 Å². The summed E-state index contributed by atoms with van der Waals surface area (Å²) in [5, 5.41) is 4.75. The molecule has 0 radical (unpaired) electrons. The number of rotatable bonds is 7. The number of hydrogen-bond acceptors (Lipinski definition) is 2. The monoisotopic (exact) mass is 274 g/mol. The molecule has 2 rings (SSSR count). The number of aryl methyl sites for hydroxylation is 1. The molecule has 0 bridgehead atoms. The highest BCUT2D eigenvalue weighted by molar-refractivity contribution is 5.86. The number of ether oxygens (including phenoxy) is 1. The number of aromatic amines is 1. The highest BCUT2D eigenvalue weighted by Gasteiger charge is 2.10. The fourth-order valence-corrected chi connectivity index (χ4v) is 2.37. The molecule has 0 amide bonds. The van der Waals surface area contributed by atoms with Gasteiger partial charge in [-0.15, -0.1) is 0 Å². The second-order valence-electron chi connectivity index (χ2n) is 5.45. The first-order valence-electron chi connectivity index (χ1n) is 7.64. The van der Waals surface area contributed by atoms with Crippen molar-refractivity contribution in [3.05, 3.63) is 29.5 Å². The van der Waals surface area contributed by atoms with E-state index in [9.17, 15) is 0 Å². The Morgan fingerprint density at radius 1 is 1.30 bits per heavy atom. The number of aromatic nitrogens is 1. The van der Waals surface area contributed by atoms with Gasteiger partial charge in [-0.2, -0.15) is 0 Å². The van der Waals surface area contributed by atoms with Gasteiger partial charge >= 0.3 is 0 Å². The van der Waals surface area contributed by atoms with Crippen LogP contribution in [0.25, 0.3) is 10.9 Å². The summed E-state index contributed by atoms with van der Waals surface area (Å²) in [7, 11) is 0. The van der Waals surface area contributed by atoms with Gasteiger partial charge in [-0.1, -0.05) is 13.8 Å². The van der Waals surface area contributed by atoms with Crippen molar-refractivity contribution in [2.24, 2.45) is 0 Å². The predicted octanol–water partition coefficient (Wildman–Crippen LogP) is 4.15. The topological polar surface area (TPSA) is 37.0 Å². The molecule has 1 atom stereocenters. The molecule has 3 heteroatoms. The minimum absolute atomic E-state index is 0.258. The van der Waals surface area contributed by atoms with Crippen LogP contribution in [0, 0.1) is 6.92 Å². The molecule has 1 aromatic heterocycles. The summed E-state index contributed by atoms with van der Waals surface area (Å²) in [6, 6.07) is 6.32. The Morgan fingerprint density at radius 3 is 2.80 bits per heavy atom. The van der Waals surface area contributed by atoms with Crippen molar-refractivity contribution >= 4 is 10.9 Å². The number of benzene rings is 1. The fourth-order valence-electron chi connectivity index (χ4n) is 2.37. The van der Waals surface area contributed by atoms with Crippen LogP contribution in [0.3, 0.4) is 0 Å². The highest BCUT2D eigenvalue weighted by atomic mass is 16.5. The third kappa shape index (κ3) is 3.34. The molecule has 0 aliphatic rings. The summed E-state index contributed by atoms with van der Waals surface area (Å²) in [6.07, 6.45) is 2.44. The van der Waals surface area contributed by atoms with Crippen molar-refractivity contribution in [1.82, 2.24) is 10.3 Å². The zero-order valence-corrected chi connectivity index (χ0v) is 13.0. The molecule has 1 aromatic carbocycles. The molecule has 1 heterocycles. The Hall–Kier alpha value is -1.48. The molecule has 20 heavy (non-hydrogen) atoms. The van der Waals surface area contributed by atoms with Gasteiger partial charge in [-0.05, 0) is 57.0 Å². The van der Waals surface area contributed by atoms with E-state index in [0.717, 1.165) is 31.7 Å². The Bertz CT molecular complexity index is 559. The van der Waals surface area contributed by atoms with Crippen molar-refractivity contribution in [2.75, 3.05) is 6.54 Å². The standard InChI is InChI=1S/C17H26N2O/c1-5-9-18-11-16-13(4)19-17-8-7-14(10-15(16)17)20-12(3)6-2/h7-8,10,12,18-19H,5-6,9,11H2,1-4H3/t12-/m0/s1. The minimum Gasteiger partial charge on any atom is -0.491 e. The van der Waals surface area contributed by atoms with Crippen molar-refractivity contribution in [1.29, 1.82) is 0 Å². The maximum atomic E-state index is 5.93. The van der Waals surface area contributed by atoms with Crippen LogP contribution in [0.5, 0.6) is 5.75 Å². The average molecular weight is 274 g/mol. The van der Waals surface area contributed by atoms with Crippen LogP contribution in [0.2, 0.25) is 0 Å². The molecule has 3 nitrogen and oxygen atoms in total. The number of H-pyrrole nitrogens is 1. The smallest absolute Gasteiger partial charge is 0.120 e. The molecule has 2 N–H and O–H groups in total. The van der Waals surface area contributed by atoms with Gasteiger partial charge in [0.2, 0.25) is 0 Å². The van der Waals surface area contributed by atoms with E-state index in [0.29, 0.717) is 0 Å². The lowest BCUT2D eigenvalue weighted by Crippen LogP contribution is -2.14. The minimum atomic E-state index is 0.258. The maximum absolute atomic E-state index is 5.93. The van der Waals surface area contributed by atoms with Gasteiger partial charge in [0.05, 0.1) is 6.10 Å². The Labute approximate surface area is 121 Å². The average Bonchev–Trinajstić information content (AvgIpc) is 2.75. The lowest BCUT2D eigenvalue weighted by atomic mass is 10.1. The maximum Gasteiger partial charge on any atom is 0.120 e. The van der Waals surface area contributed by atoms with Crippen molar-refractivity contribution in [3.8, 4) is 5.75 Å². The van der Waals surface area contributed by atoms with E-state index in [1.807, 2.05) is 6.07 Å². The summed E-state index contributed by atoms with van der Waals surface area (Å²) in [5.74, 6) is 0.961. The van der Waals surface area contributed by atoms with E-state index in [2.05, 4.69) is 50.1 Å². The third-order valence-electron chi connectivity index (χ3n) is 3.73. The number of hydrogen-bond donors (Lipinski definition) is 2. The first kappa shape index (κ1) is 14.9. The van der Waals surface area contributed by atoms with Crippen LogP contribution >= 0.6 is 0 Å².